The highest BCUT2D eigenvalue weighted by molar-refractivity contribution is 5.96. The highest BCUT2D eigenvalue weighted by Crippen LogP contribution is 2.37. The fourth-order valence-corrected chi connectivity index (χ4v) is 3.31. The largest absolute Gasteiger partial charge is 0.493 e. The number of ether oxygens (including phenoxy) is 1. The molecule has 2 aliphatic rings. The van der Waals surface area contributed by atoms with Crippen LogP contribution in [-0.2, 0) is 0 Å². The van der Waals surface area contributed by atoms with E-state index < -0.39 is 6.09 Å². The van der Waals surface area contributed by atoms with Crippen LogP contribution in [0.1, 0.15) is 35.7 Å². The number of carbonyl (C=O) groups excluding carboxylic acids is 1. The molecule has 2 amide bonds. The van der Waals surface area contributed by atoms with Gasteiger partial charge in [-0.05, 0) is 23.6 Å². The van der Waals surface area contributed by atoms with Crippen molar-refractivity contribution >= 4 is 12.0 Å². The number of hydrogen-bond donors (Lipinski definition) is 2. The molecule has 0 radical (unpaired) electrons. The maximum atomic E-state index is 12.3. The third kappa shape index (κ3) is 3.11. The summed E-state index contributed by atoms with van der Waals surface area (Å²) in [4.78, 5) is 25.0. The van der Waals surface area contributed by atoms with Crippen LogP contribution in [0.3, 0.4) is 0 Å². The summed E-state index contributed by atoms with van der Waals surface area (Å²) < 4.78 is 5.71. The Morgan fingerprint density at radius 1 is 1.43 bits per heavy atom. The minimum atomic E-state index is -0.900. The lowest BCUT2D eigenvalue weighted by molar-refractivity contribution is 0.0951. The van der Waals surface area contributed by atoms with Crippen LogP contribution >= 0.6 is 0 Å². The van der Waals surface area contributed by atoms with Gasteiger partial charge in [0.15, 0.2) is 0 Å². The second-order valence-electron chi connectivity index (χ2n) is 6.72. The first kappa shape index (κ1) is 15.6. The number of hydrogen-bond acceptors (Lipinski definition) is 3. The SMILES string of the molecule is CC(C)COc1ccc2c(c1)C(=O)NC[C@@H]1CN(C(=O)O)C[C@@H]21. The fourth-order valence-electron chi connectivity index (χ4n) is 3.31. The number of benzene rings is 1. The summed E-state index contributed by atoms with van der Waals surface area (Å²) in [5.74, 6) is 1.16. The molecule has 1 fully saturated rings. The quantitative estimate of drug-likeness (QED) is 0.895. The van der Waals surface area contributed by atoms with Crippen molar-refractivity contribution in [3.05, 3.63) is 29.3 Å². The number of carbonyl (C=O) groups is 2. The molecule has 1 saturated heterocycles. The molecule has 3 rings (SSSR count). The summed E-state index contributed by atoms with van der Waals surface area (Å²) >= 11 is 0. The van der Waals surface area contributed by atoms with Gasteiger partial charge in [-0.3, -0.25) is 4.79 Å². The van der Waals surface area contributed by atoms with E-state index in [9.17, 15) is 14.7 Å². The summed E-state index contributed by atoms with van der Waals surface area (Å²) in [6.45, 7) is 6.14. The van der Waals surface area contributed by atoms with Gasteiger partial charge < -0.3 is 20.1 Å². The van der Waals surface area contributed by atoms with Crippen LogP contribution in [0.2, 0.25) is 0 Å². The van der Waals surface area contributed by atoms with Crippen molar-refractivity contribution < 1.29 is 19.4 Å². The molecule has 0 unspecified atom stereocenters. The zero-order chi connectivity index (χ0) is 16.6. The van der Waals surface area contributed by atoms with Gasteiger partial charge in [0.2, 0.25) is 0 Å². The number of fused-ring (bicyclic) bond motifs is 3. The maximum Gasteiger partial charge on any atom is 0.407 e. The highest BCUT2D eigenvalue weighted by atomic mass is 16.5. The summed E-state index contributed by atoms with van der Waals surface area (Å²) in [5, 5.41) is 12.1. The lowest BCUT2D eigenvalue weighted by atomic mass is 9.87. The molecule has 2 N–H and O–H groups in total. The van der Waals surface area contributed by atoms with Gasteiger partial charge in [0, 0.05) is 37.0 Å². The summed E-state index contributed by atoms with van der Waals surface area (Å²) in [6, 6.07) is 5.57. The van der Waals surface area contributed by atoms with Crippen LogP contribution in [0.5, 0.6) is 5.75 Å². The van der Waals surface area contributed by atoms with Crippen LogP contribution < -0.4 is 10.1 Å². The van der Waals surface area contributed by atoms with Gasteiger partial charge in [-0.1, -0.05) is 19.9 Å². The molecule has 1 aromatic carbocycles. The second-order valence-corrected chi connectivity index (χ2v) is 6.72. The average molecular weight is 318 g/mol. The Bertz CT molecular complexity index is 629. The van der Waals surface area contributed by atoms with Crippen molar-refractivity contribution in [2.45, 2.75) is 19.8 Å². The van der Waals surface area contributed by atoms with Crippen molar-refractivity contribution in [2.24, 2.45) is 11.8 Å². The number of nitrogens with one attached hydrogen (secondary N) is 1. The molecule has 23 heavy (non-hydrogen) atoms. The van der Waals surface area contributed by atoms with Gasteiger partial charge in [-0.2, -0.15) is 0 Å². The van der Waals surface area contributed by atoms with E-state index in [1.54, 1.807) is 6.07 Å². The van der Waals surface area contributed by atoms with Gasteiger partial charge in [0.1, 0.15) is 5.75 Å². The number of nitrogens with zero attached hydrogens (tertiary/aromatic N) is 1. The Kier molecular flexibility index (Phi) is 4.15. The fraction of sp³-hybridized carbons (Fsp3) is 0.529. The van der Waals surface area contributed by atoms with E-state index in [2.05, 4.69) is 19.2 Å². The molecule has 0 spiro atoms. The molecular formula is C17H22N2O4. The molecule has 2 aliphatic heterocycles. The molecule has 6 heteroatoms. The molecule has 6 nitrogen and oxygen atoms in total. The molecule has 1 aromatic rings. The van der Waals surface area contributed by atoms with Crippen molar-refractivity contribution in [3.8, 4) is 5.75 Å². The van der Waals surface area contributed by atoms with E-state index >= 15 is 0 Å². The molecule has 2 heterocycles. The van der Waals surface area contributed by atoms with Gasteiger partial charge >= 0.3 is 6.09 Å². The van der Waals surface area contributed by atoms with Crippen LogP contribution in [0.25, 0.3) is 0 Å². The topological polar surface area (TPSA) is 78.9 Å². The molecule has 0 aliphatic carbocycles. The zero-order valence-electron chi connectivity index (χ0n) is 13.4. The Balaban J connectivity index is 1.89. The maximum absolute atomic E-state index is 12.3. The molecule has 0 bridgehead atoms. The Morgan fingerprint density at radius 3 is 2.91 bits per heavy atom. The minimum absolute atomic E-state index is 0.0548. The van der Waals surface area contributed by atoms with Crippen molar-refractivity contribution in [1.82, 2.24) is 10.2 Å². The van der Waals surface area contributed by atoms with E-state index in [1.807, 2.05) is 12.1 Å². The molecule has 124 valence electrons. The van der Waals surface area contributed by atoms with E-state index in [-0.39, 0.29) is 17.7 Å². The van der Waals surface area contributed by atoms with Crippen molar-refractivity contribution in [3.63, 3.8) is 0 Å². The van der Waals surface area contributed by atoms with E-state index in [0.717, 1.165) is 5.56 Å². The van der Waals surface area contributed by atoms with Crippen LogP contribution in [-0.4, -0.2) is 48.2 Å². The summed E-state index contributed by atoms with van der Waals surface area (Å²) in [6.07, 6.45) is -0.900. The zero-order valence-corrected chi connectivity index (χ0v) is 13.4. The first-order valence-corrected chi connectivity index (χ1v) is 7.98. The first-order valence-electron chi connectivity index (χ1n) is 7.98. The number of carboxylic acid groups (broad SMARTS) is 1. The first-order chi connectivity index (χ1) is 11.0. The van der Waals surface area contributed by atoms with E-state index in [1.165, 1.54) is 4.90 Å². The number of rotatable bonds is 3. The standard InChI is InChI=1S/C17H22N2O4/c1-10(2)9-23-12-3-4-13-14(5-12)16(20)18-6-11-7-19(17(21)22)8-15(11)13/h3-5,10-11,15H,6-9H2,1-2H3,(H,18,20)(H,21,22)/t11-,15-/m1/s1. The third-order valence-corrected chi connectivity index (χ3v) is 4.49. The van der Waals surface area contributed by atoms with E-state index in [4.69, 9.17) is 4.74 Å². The molecular weight excluding hydrogens is 296 g/mol. The summed E-state index contributed by atoms with van der Waals surface area (Å²) in [5.41, 5.74) is 1.52. The smallest absolute Gasteiger partial charge is 0.407 e. The Morgan fingerprint density at radius 2 is 2.22 bits per heavy atom. The highest BCUT2D eigenvalue weighted by Gasteiger charge is 2.39. The predicted octanol–water partition coefficient (Wildman–Crippen LogP) is 2.16. The lowest BCUT2D eigenvalue weighted by Gasteiger charge is -2.17. The monoisotopic (exact) mass is 318 g/mol. The van der Waals surface area contributed by atoms with Crippen molar-refractivity contribution in [1.29, 1.82) is 0 Å². The number of amides is 2. The second kappa shape index (κ2) is 6.10. The van der Waals surface area contributed by atoms with Crippen LogP contribution in [0, 0.1) is 11.8 Å². The van der Waals surface area contributed by atoms with Gasteiger partial charge in [-0.25, -0.2) is 4.79 Å². The summed E-state index contributed by atoms with van der Waals surface area (Å²) in [7, 11) is 0. The molecule has 2 atom stereocenters. The molecule has 0 aromatic heterocycles. The Hall–Kier alpha value is -2.24. The predicted molar refractivity (Wildman–Crippen MR) is 84.9 cm³/mol. The average Bonchev–Trinajstić information content (AvgIpc) is 2.89. The Labute approximate surface area is 135 Å². The minimum Gasteiger partial charge on any atom is -0.493 e. The number of likely N-dealkylation sites (tertiary alicyclic amines) is 1. The van der Waals surface area contributed by atoms with Gasteiger partial charge in [0.05, 0.1) is 6.61 Å². The van der Waals surface area contributed by atoms with Crippen LogP contribution in [0.4, 0.5) is 4.79 Å². The van der Waals surface area contributed by atoms with Gasteiger partial charge in [-0.15, -0.1) is 0 Å². The normalized spacial score (nSPS) is 23.1. The van der Waals surface area contributed by atoms with Crippen molar-refractivity contribution in [2.75, 3.05) is 26.2 Å². The van der Waals surface area contributed by atoms with Gasteiger partial charge in [0.25, 0.3) is 5.91 Å². The lowest BCUT2D eigenvalue weighted by Crippen LogP contribution is -2.31. The molecule has 0 saturated carbocycles. The van der Waals surface area contributed by atoms with E-state index in [0.29, 0.717) is 43.5 Å². The van der Waals surface area contributed by atoms with Crippen LogP contribution in [0.15, 0.2) is 18.2 Å². The third-order valence-electron chi connectivity index (χ3n) is 4.49.